The van der Waals surface area contributed by atoms with Gasteiger partial charge in [-0.15, -0.1) is 0 Å². The van der Waals surface area contributed by atoms with Gasteiger partial charge in [0.05, 0.1) is 18.1 Å². The van der Waals surface area contributed by atoms with E-state index in [0.29, 0.717) is 6.61 Å². The molecular weight excluding hydrogens is 164 g/mol. The minimum absolute atomic E-state index is 0.00528. The van der Waals surface area contributed by atoms with Gasteiger partial charge in [-0.25, -0.2) is 0 Å². The monoisotopic (exact) mass is 176 g/mol. The molecule has 2 rings (SSSR count). The summed E-state index contributed by atoms with van der Waals surface area (Å²) in [7, 11) is 0. The van der Waals surface area contributed by atoms with Crippen LogP contribution in [-0.4, -0.2) is 12.4 Å². The molecule has 0 bridgehead atoms. The van der Waals surface area contributed by atoms with Crippen LogP contribution >= 0.6 is 0 Å². The van der Waals surface area contributed by atoms with Crippen LogP contribution in [0.5, 0.6) is 5.75 Å². The van der Waals surface area contributed by atoms with E-state index in [0.717, 1.165) is 16.9 Å². The molecular formula is C11H12O2. The Hall–Kier alpha value is -1.31. The normalized spacial score (nSPS) is 20.8. The van der Waals surface area contributed by atoms with Gasteiger partial charge in [0, 0.05) is 0 Å². The minimum atomic E-state index is -0.00528. The van der Waals surface area contributed by atoms with Crippen LogP contribution in [0.4, 0.5) is 0 Å². The van der Waals surface area contributed by atoms with Gasteiger partial charge in [0.1, 0.15) is 5.75 Å². The van der Waals surface area contributed by atoms with Gasteiger partial charge in [-0.05, 0) is 18.6 Å². The number of ether oxygens (including phenoxy) is 1. The van der Waals surface area contributed by atoms with E-state index < -0.39 is 0 Å². The third-order valence-electron chi connectivity index (χ3n) is 2.40. The number of para-hydroxylation sites is 1. The Bertz CT molecular complexity index is 355. The van der Waals surface area contributed by atoms with Crippen LogP contribution in [0.1, 0.15) is 22.8 Å². The summed E-state index contributed by atoms with van der Waals surface area (Å²) >= 11 is 0. The third-order valence-corrected chi connectivity index (χ3v) is 2.40. The first-order valence-electron chi connectivity index (χ1n) is 4.47. The molecule has 1 aliphatic heterocycles. The fraction of sp³-hybridized carbons (Fsp3) is 0.364. The summed E-state index contributed by atoms with van der Waals surface area (Å²) in [5.41, 5.74) is 1.77. The Labute approximate surface area is 77.5 Å². The SMILES string of the molecule is Cc1cccc2c1OCC(C)C2=O. The maximum atomic E-state index is 11.7. The van der Waals surface area contributed by atoms with Gasteiger partial charge in [-0.2, -0.15) is 0 Å². The van der Waals surface area contributed by atoms with Crippen LogP contribution < -0.4 is 4.74 Å². The van der Waals surface area contributed by atoms with Crippen LogP contribution in [0.3, 0.4) is 0 Å². The Morgan fingerprint density at radius 1 is 1.46 bits per heavy atom. The summed E-state index contributed by atoms with van der Waals surface area (Å²) in [6.07, 6.45) is 0. The molecule has 1 aliphatic rings. The minimum Gasteiger partial charge on any atom is -0.492 e. The van der Waals surface area contributed by atoms with Gasteiger partial charge in [0.15, 0.2) is 5.78 Å². The number of aryl methyl sites for hydroxylation is 1. The van der Waals surface area contributed by atoms with Crippen molar-refractivity contribution in [2.24, 2.45) is 5.92 Å². The largest absolute Gasteiger partial charge is 0.492 e. The van der Waals surface area contributed by atoms with Crippen LogP contribution in [0.15, 0.2) is 18.2 Å². The summed E-state index contributed by atoms with van der Waals surface area (Å²) in [5.74, 6) is 0.963. The molecule has 0 N–H and O–H groups in total. The first kappa shape index (κ1) is 8.30. The molecule has 0 aromatic heterocycles. The van der Waals surface area contributed by atoms with E-state index in [1.54, 1.807) is 0 Å². The van der Waals surface area contributed by atoms with Crippen molar-refractivity contribution < 1.29 is 9.53 Å². The maximum absolute atomic E-state index is 11.7. The van der Waals surface area contributed by atoms with Crippen molar-refractivity contribution in [2.75, 3.05) is 6.61 Å². The Morgan fingerprint density at radius 2 is 2.23 bits per heavy atom. The summed E-state index contributed by atoms with van der Waals surface area (Å²) in [5, 5.41) is 0. The van der Waals surface area contributed by atoms with Crippen LogP contribution in [0.25, 0.3) is 0 Å². The van der Waals surface area contributed by atoms with Gasteiger partial charge in [-0.1, -0.05) is 19.1 Å². The average molecular weight is 176 g/mol. The zero-order valence-corrected chi connectivity index (χ0v) is 7.83. The van der Waals surface area contributed by atoms with Crippen LogP contribution in [-0.2, 0) is 0 Å². The predicted octanol–water partition coefficient (Wildman–Crippen LogP) is 2.21. The molecule has 2 heteroatoms. The van der Waals surface area contributed by atoms with Gasteiger partial charge in [-0.3, -0.25) is 4.79 Å². The highest BCUT2D eigenvalue weighted by atomic mass is 16.5. The van der Waals surface area contributed by atoms with Crippen LogP contribution in [0.2, 0.25) is 0 Å². The summed E-state index contributed by atoms with van der Waals surface area (Å²) in [6, 6.07) is 5.69. The van der Waals surface area contributed by atoms with Gasteiger partial charge >= 0.3 is 0 Å². The van der Waals surface area contributed by atoms with E-state index in [2.05, 4.69) is 0 Å². The molecule has 2 nitrogen and oxygen atoms in total. The highest BCUT2D eigenvalue weighted by Gasteiger charge is 2.25. The van der Waals surface area contributed by atoms with Crippen molar-refractivity contribution in [3.8, 4) is 5.75 Å². The van der Waals surface area contributed by atoms with E-state index in [1.807, 2.05) is 32.0 Å². The van der Waals surface area contributed by atoms with Gasteiger partial charge in [0.2, 0.25) is 0 Å². The second-order valence-electron chi connectivity index (χ2n) is 3.53. The number of hydrogen-bond acceptors (Lipinski definition) is 2. The number of rotatable bonds is 0. The molecule has 0 radical (unpaired) electrons. The molecule has 1 heterocycles. The molecule has 13 heavy (non-hydrogen) atoms. The zero-order chi connectivity index (χ0) is 9.42. The number of hydrogen-bond donors (Lipinski definition) is 0. The molecule has 0 fully saturated rings. The van der Waals surface area contributed by atoms with E-state index >= 15 is 0 Å². The number of carbonyl (C=O) groups is 1. The zero-order valence-electron chi connectivity index (χ0n) is 7.83. The number of benzene rings is 1. The maximum Gasteiger partial charge on any atom is 0.172 e. The second-order valence-corrected chi connectivity index (χ2v) is 3.53. The van der Waals surface area contributed by atoms with E-state index in [-0.39, 0.29) is 11.7 Å². The van der Waals surface area contributed by atoms with E-state index in [1.165, 1.54) is 0 Å². The van der Waals surface area contributed by atoms with Crippen molar-refractivity contribution in [2.45, 2.75) is 13.8 Å². The topological polar surface area (TPSA) is 26.3 Å². The van der Waals surface area contributed by atoms with Crippen molar-refractivity contribution in [3.05, 3.63) is 29.3 Å². The Kier molecular flexibility index (Phi) is 1.83. The molecule has 0 spiro atoms. The van der Waals surface area contributed by atoms with Gasteiger partial charge < -0.3 is 4.74 Å². The summed E-state index contributed by atoms with van der Waals surface area (Å²) < 4.78 is 5.52. The second kappa shape index (κ2) is 2.87. The molecule has 1 unspecified atom stereocenters. The van der Waals surface area contributed by atoms with E-state index in [4.69, 9.17) is 4.74 Å². The Morgan fingerprint density at radius 3 is 3.00 bits per heavy atom. The van der Waals surface area contributed by atoms with Crippen molar-refractivity contribution in [3.63, 3.8) is 0 Å². The fourth-order valence-electron chi connectivity index (χ4n) is 1.59. The van der Waals surface area contributed by atoms with Gasteiger partial charge in [0.25, 0.3) is 0 Å². The number of Topliss-reactive ketones (excluding diaryl/α,β-unsaturated/α-hetero) is 1. The first-order chi connectivity index (χ1) is 6.20. The molecule has 0 saturated carbocycles. The molecule has 68 valence electrons. The molecule has 1 atom stereocenters. The molecule has 1 aromatic carbocycles. The first-order valence-corrected chi connectivity index (χ1v) is 4.47. The number of carbonyl (C=O) groups excluding carboxylic acids is 1. The van der Waals surface area contributed by atoms with Crippen molar-refractivity contribution >= 4 is 5.78 Å². The number of fused-ring (bicyclic) bond motifs is 1. The highest BCUT2D eigenvalue weighted by molar-refractivity contribution is 6.01. The van der Waals surface area contributed by atoms with Crippen molar-refractivity contribution in [1.82, 2.24) is 0 Å². The molecule has 0 amide bonds. The van der Waals surface area contributed by atoms with Crippen LogP contribution in [0, 0.1) is 12.8 Å². The fourth-order valence-corrected chi connectivity index (χ4v) is 1.59. The predicted molar refractivity (Wildman–Crippen MR) is 50.2 cm³/mol. The summed E-state index contributed by atoms with van der Waals surface area (Å²) in [4.78, 5) is 11.7. The third kappa shape index (κ3) is 1.22. The van der Waals surface area contributed by atoms with E-state index in [9.17, 15) is 4.79 Å². The lowest BCUT2D eigenvalue weighted by molar-refractivity contribution is 0.0848. The standard InChI is InChI=1S/C11H12O2/c1-7-4-3-5-9-10(12)8(2)6-13-11(7)9/h3-5,8H,6H2,1-2H3. The number of ketones is 1. The highest BCUT2D eigenvalue weighted by Crippen LogP contribution is 2.29. The summed E-state index contributed by atoms with van der Waals surface area (Å²) in [6.45, 7) is 4.37. The molecule has 0 saturated heterocycles. The Balaban J connectivity index is 2.55. The lowest BCUT2D eigenvalue weighted by Crippen LogP contribution is -2.25. The lowest BCUT2D eigenvalue weighted by Gasteiger charge is -2.22. The molecule has 1 aromatic rings. The lowest BCUT2D eigenvalue weighted by atomic mass is 9.95. The quantitative estimate of drug-likeness (QED) is 0.605. The molecule has 0 aliphatic carbocycles. The van der Waals surface area contributed by atoms with Crippen molar-refractivity contribution in [1.29, 1.82) is 0 Å². The average Bonchev–Trinajstić information content (AvgIpc) is 2.12. The smallest absolute Gasteiger partial charge is 0.172 e.